The molecule has 2 aromatic carbocycles. The molecule has 2 aromatic rings. The van der Waals surface area contributed by atoms with E-state index in [0.29, 0.717) is 17.1 Å². The van der Waals surface area contributed by atoms with Gasteiger partial charge in [-0.1, -0.05) is 36.4 Å². The predicted molar refractivity (Wildman–Crippen MR) is 105 cm³/mol. The second-order valence-corrected chi connectivity index (χ2v) is 5.38. The van der Waals surface area contributed by atoms with E-state index in [2.05, 4.69) is 0 Å². The molecule has 0 aromatic heterocycles. The molecule has 9 nitrogen and oxygen atoms in total. The molecular weight excluding hydrogens is 433 g/mol. The third-order valence-corrected chi connectivity index (χ3v) is 3.61. The Morgan fingerprint density at radius 1 is 0.867 bits per heavy atom. The smallest absolute Gasteiger partial charge is 0.339 e. The van der Waals surface area contributed by atoms with Gasteiger partial charge in [0.15, 0.2) is 12.2 Å². The molecule has 0 saturated heterocycles. The second kappa shape index (κ2) is 15.3. The van der Waals surface area contributed by atoms with Gasteiger partial charge in [0.2, 0.25) is 0 Å². The fourth-order valence-corrected chi connectivity index (χ4v) is 2.27. The summed E-state index contributed by atoms with van der Waals surface area (Å²) in [6.07, 6.45) is -2.82. The van der Waals surface area contributed by atoms with E-state index in [1.54, 1.807) is 49.4 Å². The van der Waals surface area contributed by atoms with Gasteiger partial charge in [-0.2, -0.15) is 0 Å². The Morgan fingerprint density at radius 2 is 1.27 bits per heavy atom. The number of aliphatic hydroxyl groups excluding tert-OH is 2. The summed E-state index contributed by atoms with van der Waals surface area (Å²) >= 11 is 0. The van der Waals surface area contributed by atoms with Gasteiger partial charge >= 0.3 is 11.9 Å². The molecule has 0 aliphatic heterocycles. The van der Waals surface area contributed by atoms with Crippen LogP contribution in [0.25, 0.3) is 6.15 Å². The maximum Gasteiger partial charge on any atom is 0.339 e. The van der Waals surface area contributed by atoms with E-state index < -0.39 is 24.1 Å². The Hall–Kier alpha value is -2.56. The van der Waals surface area contributed by atoms with E-state index in [4.69, 9.17) is 19.3 Å². The van der Waals surface area contributed by atoms with Crippen LogP contribution in [0.15, 0.2) is 48.5 Å². The zero-order chi connectivity index (χ0) is 21.1. The van der Waals surface area contributed by atoms with Gasteiger partial charge in [-0.05, 0) is 19.1 Å². The summed E-state index contributed by atoms with van der Waals surface area (Å²) in [5.74, 6) is -1.11. The van der Waals surface area contributed by atoms with Crippen molar-refractivity contribution in [3.63, 3.8) is 0 Å². The third kappa shape index (κ3) is 8.44. The van der Waals surface area contributed by atoms with Crippen LogP contribution in [0.5, 0.6) is 11.5 Å². The number of carbonyl (C=O) groups excluding carboxylic acids is 1. The van der Waals surface area contributed by atoms with Crippen molar-refractivity contribution in [1.82, 2.24) is 0 Å². The van der Waals surface area contributed by atoms with Crippen LogP contribution in [-0.2, 0) is 32.9 Å². The molecule has 0 aliphatic carbocycles. The average molecular weight is 459 g/mol. The van der Waals surface area contributed by atoms with Crippen LogP contribution in [0.1, 0.15) is 30.3 Å². The molecule has 0 amide bonds. The number of nitrogens with two attached hydrogens (primary N) is 1. The van der Waals surface area contributed by atoms with Gasteiger partial charge < -0.3 is 35.7 Å². The fraction of sp³-hybridized carbons (Fsp3) is 0.300. The molecule has 0 saturated carbocycles. The van der Waals surface area contributed by atoms with Crippen molar-refractivity contribution in [2.75, 3.05) is 20.8 Å². The van der Waals surface area contributed by atoms with Crippen LogP contribution < -0.4 is 9.47 Å². The minimum Gasteiger partial charge on any atom is -0.693 e. The minimum absolute atomic E-state index is 0. The first kappa shape index (κ1) is 29.6. The summed E-state index contributed by atoms with van der Waals surface area (Å²) in [7, 11) is 2.91. The number of benzene rings is 2. The van der Waals surface area contributed by atoms with E-state index in [0.717, 1.165) is 0 Å². The number of carboxylic acid groups (broad SMARTS) is 1. The second-order valence-electron chi connectivity index (χ2n) is 5.38. The van der Waals surface area contributed by atoms with Gasteiger partial charge in [-0.3, -0.25) is 0 Å². The molecule has 165 valence electrons. The maximum atomic E-state index is 11.3. The number of carboxylic acids is 1. The fourth-order valence-electron chi connectivity index (χ4n) is 2.27. The Bertz CT molecular complexity index is 787. The van der Waals surface area contributed by atoms with Crippen LogP contribution >= 0.6 is 0 Å². The van der Waals surface area contributed by atoms with Crippen molar-refractivity contribution in [3.05, 3.63) is 65.8 Å². The number of esters is 1. The molecule has 10 heteroatoms. The van der Waals surface area contributed by atoms with Gasteiger partial charge in [0.1, 0.15) is 11.5 Å². The van der Waals surface area contributed by atoms with Crippen molar-refractivity contribution in [2.45, 2.75) is 19.1 Å². The quantitative estimate of drug-likeness (QED) is 0.534. The molecule has 2 rings (SSSR count). The summed E-state index contributed by atoms with van der Waals surface area (Å²) in [6, 6.07) is 13.2. The Labute approximate surface area is 187 Å². The van der Waals surface area contributed by atoms with Crippen LogP contribution in [0.2, 0.25) is 0 Å². The average Bonchev–Trinajstić information content (AvgIpc) is 2.73. The molecular formula is C20H26NO8V-. The number of aliphatic carboxylic acids is 1. The molecule has 0 unspecified atom stereocenters. The topological polar surface area (TPSA) is 156 Å². The molecule has 30 heavy (non-hydrogen) atoms. The van der Waals surface area contributed by atoms with E-state index >= 15 is 0 Å². The van der Waals surface area contributed by atoms with Crippen LogP contribution in [0.3, 0.4) is 0 Å². The third-order valence-electron chi connectivity index (χ3n) is 3.61. The summed E-state index contributed by atoms with van der Waals surface area (Å²) in [5, 5.41) is 27.5. The number of hydrogen-bond donors (Lipinski definition) is 3. The predicted octanol–water partition coefficient (Wildman–Crippen LogP) is 2.82. The molecule has 0 heterocycles. The van der Waals surface area contributed by atoms with Crippen molar-refractivity contribution >= 4 is 11.9 Å². The monoisotopic (exact) mass is 459 g/mol. The zero-order valence-electron chi connectivity index (χ0n) is 16.9. The van der Waals surface area contributed by atoms with Gasteiger partial charge in [-0.25, -0.2) is 9.59 Å². The first-order valence-electron chi connectivity index (χ1n) is 8.38. The Morgan fingerprint density at radius 3 is 1.63 bits per heavy atom. The summed E-state index contributed by atoms with van der Waals surface area (Å²) in [6.45, 7) is 1.93. The normalized spacial score (nSPS) is 11.2. The number of rotatable bonds is 7. The molecule has 1 radical (unpaired) electrons. The Kier molecular flexibility index (Phi) is 15.1. The molecule has 2 atom stereocenters. The number of carbonyl (C=O) groups is 2. The number of methoxy groups -OCH3 is 2. The summed E-state index contributed by atoms with van der Waals surface area (Å²) in [5.41, 5.74) is 0.677. The van der Waals surface area contributed by atoms with E-state index in [-0.39, 0.29) is 36.9 Å². The van der Waals surface area contributed by atoms with Crippen LogP contribution in [0, 0.1) is 0 Å². The first-order chi connectivity index (χ1) is 13.4. The largest absolute Gasteiger partial charge is 0.693 e. The van der Waals surface area contributed by atoms with Gasteiger partial charge in [0.25, 0.3) is 0 Å². The standard InChI is InChI=1S/C11H14O4.C9H10O4.H2N.V/c1-3-15-11(13)10(12)8-6-4-5-7-9(8)14-2;1-13-7-5-3-2-4-6(7)8(10)9(11)12;;/h4-7,10,12H,3H2,1-2H3;2-5,8,10H,1H3,(H,11,12);1H2;/q;;-1;/t10-;8-;;/m11../s1. The van der Waals surface area contributed by atoms with Crippen LogP contribution in [-0.4, -0.2) is 48.1 Å². The molecule has 0 fully saturated rings. The van der Waals surface area contributed by atoms with Crippen molar-refractivity contribution in [2.24, 2.45) is 0 Å². The first-order valence-corrected chi connectivity index (χ1v) is 8.38. The van der Waals surface area contributed by atoms with Crippen molar-refractivity contribution < 1.29 is 57.7 Å². The van der Waals surface area contributed by atoms with E-state index in [9.17, 15) is 19.8 Å². The van der Waals surface area contributed by atoms with E-state index in [1.807, 2.05) is 0 Å². The molecule has 5 N–H and O–H groups in total. The van der Waals surface area contributed by atoms with E-state index in [1.165, 1.54) is 20.3 Å². The summed E-state index contributed by atoms with van der Waals surface area (Å²) in [4.78, 5) is 21.7. The molecule has 0 aliphatic rings. The molecule has 0 spiro atoms. The molecule has 0 bridgehead atoms. The van der Waals surface area contributed by atoms with Gasteiger partial charge in [0.05, 0.1) is 20.8 Å². The van der Waals surface area contributed by atoms with Crippen molar-refractivity contribution in [1.29, 1.82) is 0 Å². The Balaban J connectivity index is 0. The van der Waals surface area contributed by atoms with Crippen molar-refractivity contribution in [3.8, 4) is 11.5 Å². The van der Waals surface area contributed by atoms with Gasteiger partial charge in [-0.15, -0.1) is 0 Å². The van der Waals surface area contributed by atoms with Crippen LogP contribution in [0.4, 0.5) is 0 Å². The number of ether oxygens (including phenoxy) is 3. The SMILES string of the molecule is CCOC(=O)[C@H](O)c1ccccc1OC.COc1ccccc1[C@@H](O)C(=O)O.[NH2-].[V]. The van der Waals surface area contributed by atoms with Gasteiger partial charge in [0, 0.05) is 29.7 Å². The zero-order valence-corrected chi connectivity index (χ0v) is 18.3. The minimum atomic E-state index is -1.53. The number of hydrogen-bond acceptors (Lipinski definition) is 7. The summed E-state index contributed by atoms with van der Waals surface area (Å²) < 4.78 is 14.6. The number of para-hydroxylation sites is 2. The maximum absolute atomic E-state index is 11.3. The number of aliphatic hydroxyl groups is 2.